The lowest BCUT2D eigenvalue weighted by atomic mass is 9.95. The van der Waals surface area contributed by atoms with Crippen molar-refractivity contribution in [1.82, 2.24) is 0 Å². The fourth-order valence-electron chi connectivity index (χ4n) is 1.94. The molecule has 21 heavy (non-hydrogen) atoms. The number of hydrogen-bond acceptors (Lipinski definition) is 4. The van der Waals surface area contributed by atoms with Gasteiger partial charge in [-0.05, 0) is 37.0 Å². The number of carbonyl (C=O) groups excluding carboxylic acids is 1. The Morgan fingerprint density at radius 1 is 1.43 bits per heavy atom. The highest BCUT2D eigenvalue weighted by Gasteiger charge is 2.18. The average Bonchev–Trinajstić information content (AvgIpc) is 2.36. The van der Waals surface area contributed by atoms with Gasteiger partial charge in [0.1, 0.15) is 5.75 Å². The van der Waals surface area contributed by atoms with Crippen molar-refractivity contribution < 1.29 is 28.4 Å². The molecule has 0 saturated heterocycles. The number of esters is 1. The van der Waals surface area contributed by atoms with Gasteiger partial charge in [0, 0.05) is 6.08 Å². The van der Waals surface area contributed by atoms with Crippen molar-refractivity contribution in [1.29, 1.82) is 0 Å². The van der Waals surface area contributed by atoms with E-state index in [1.165, 1.54) is 6.07 Å². The van der Waals surface area contributed by atoms with Crippen LogP contribution in [-0.4, -0.2) is 21.9 Å². The zero-order chi connectivity index (χ0) is 16.0. The van der Waals surface area contributed by atoms with Crippen LogP contribution in [0.1, 0.15) is 31.7 Å². The van der Waals surface area contributed by atoms with Crippen LogP contribution in [0.5, 0.6) is 5.75 Å². The summed E-state index contributed by atoms with van der Waals surface area (Å²) in [5, 5.41) is 0. The molecular weight excluding hydrogens is 295 g/mol. The Morgan fingerprint density at radius 2 is 2.10 bits per heavy atom. The van der Waals surface area contributed by atoms with E-state index in [-0.39, 0.29) is 17.8 Å². The standard InChI is InChI=1S/C14H19O6P/c1-4-14(15)19-11(3)8-10(2)12-6-5-7-13(9-12)20-21(16,17)18/h4-7,9-11H,1,8H2,2-3H3,(H2,16,17,18). The number of carbonyl (C=O) groups is 1. The third-order valence-corrected chi connectivity index (χ3v) is 3.27. The van der Waals surface area contributed by atoms with E-state index in [1.807, 2.05) is 13.0 Å². The molecule has 0 bridgehead atoms. The Bertz CT molecular complexity index is 550. The molecule has 1 rings (SSSR count). The molecule has 7 heteroatoms. The summed E-state index contributed by atoms with van der Waals surface area (Å²) in [5.41, 5.74) is 0.836. The summed E-state index contributed by atoms with van der Waals surface area (Å²) in [4.78, 5) is 28.7. The lowest BCUT2D eigenvalue weighted by Gasteiger charge is -2.18. The smallest absolute Gasteiger partial charge is 0.460 e. The summed E-state index contributed by atoms with van der Waals surface area (Å²) in [7, 11) is -4.57. The van der Waals surface area contributed by atoms with E-state index in [9.17, 15) is 9.36 Å². The molecule has 0 aromatic heterocycles. The van der Waals surface area contributed by atoms with Crippen molar-refractivity contribution in [2.24, 2.45) is 0 Å². The van der Waals surface area contributed by atoms with Crippen LogP contribution in [0.4, 0.5) is 0 Å². The third kappa shape index (κ3) is 6.58. The van der Waals surface area contributed by atoms with Crippen LogP contribution in [0, 0.1) is 0 Å². The molecule has 0 aliphatic rings. The number of benzene rings is 1. The Morgan fingerprint density at radius 3 is 2.67 bits per heavy atom. The summed E-state index contributed by atoms with van der Waals surface area (Å²) in [6.45, 7) is 7.03. The van der Waals surface area contributed by atoms with Crippen LogP contribution in [0.15, 0.2) is 36.9 Å². The maximum atomic E-state index is 11.1. The second kappa shape index (κ2) is 7.41. The van der Waals surface area contributed by atoms with Gasteiger partial charge in [-0.25, -0.2) is 9.36 Å². The Balaban J connectivity index is 2.72. The first-order chi connectivity index (χ1) is 9.71. The van der Waals surface area contributed by atoms with Crippen molar-refractivity contribution >= 4 is 13.8 Å². The highest BCUT2D eigenvalue weighted by atomic mass is 31.2. The second-order valence-corrected chi connectivity index (χ2v) is 5.91. The molecule has 6 nitrogen and oxygen atoms in total. The van der Waals surface area contributed by atoms with Crippen molar-refractivity contribution in [3.63, 3.8) is 0 Å². The summed E-state index contributed by atoms with van der Waals surface area (Å²) < 4.78 is 20.5. The van der Waals surface area contributed by atoms with Crippen LogP contribution in [0.25, 0.3) is 0 Å². The lowest BCUT2D eigenvalue weighted by molar-refractivity contribution is -0.142. The maximum absolute atomic E-state index is 11.1. The summed E-state index contributed by atoms with van der Waals surface area (Å²) in [6, 6.07) is 6.50. The summed E-state index contributed by atoms with van der Waals surface area (Å²) >= 11 is 0. The van der Waals surface area contributed by atoms with Crippen LogP contribution < -0.4 is 4.52 Å². The molecule has 0 fully saturated rings. The fraction of sp³-hybridized carbons (Fsp3) is 0.357. The SMILES string of the molecule is C=CC(=O)OC(C)CC(C)c1cccc(OP(=O)(O)O)c1. The largest absolute Gasteiger partial charge is 0.524 e. The molecule has 2 atom stereocenters. The van der Waals surface area contributed by atoms with E-state index < -0.39 is 13.8 Å². The summed E-state index contributed by atoms with van der Waals surface area (Å²) in [6.07, 6.45) is 1.38. The number of ether oxygens (including phenoxy) is 1. The van der Waals surface area contributed by atoms with Crippen molar-refractivity contribution in [2.75, 3.05) is 0 Å². The third-order valence-electron chi connectivity index (χ3n) is 2.82. The van der Waals surface area contributed by atoms with Crippen LogP contribution in [0.2, 0.25) is 0 Å². The van der Waals surface area contributed by atoms with Gasteiger partial charge in [-0.2, -0.15) is 0 Å². The molecule has 2 N–H and O–H groups in total. The van der Waals surface area contributed by atoms with Gasteiger partial charge in [-0.1, -0.05) is 25.6 Å². The predicted octanol–water partition coefficient (Wildman–Crippen LogP) is 2.77. The molecule has 0 saturated carbocycles. The molecule has 1 aromatic carbocycles. The van der Waals surface area contributed by atoms with Gasteiger partial charge in [0.2, 0.25) is 0 Å². The zero-order valence-electron chi connectivity index (χ0n) is 11.9. The van der Waals surface area contributed by atoms with E-state index in [0.29, 0.717) is 6.42 Å². The van der Waals surface area contributed by atoms with Gasteiger partial charge < -0.3 is 9.26 Å². The van der Waals surface area contributed by atoms with Crippen molar-refractivity contribution in [2.45, 2.75) is 32.3 Å². The Labute approximate surface area is 123 Å². The molecule has 0 amide bonds. The Hall–Kier alpha value is -1.62. The van der Waals surface area contributed by atoms with Crippen molar-refractivity contribution in [3.8, 4) is 5.75 Å². The molecule has 0 radical (unpaired) electrons. The number of phosphoric ester groups is 1. The Kier molecular flexibility index (Phi) is 6.15. The minimum absolute atomic E-state index is 0.0259. The molecule has 1 aromatic rings. The van der Waals surface area contributed by atoms with Crippen LogP contribution in [-0.2, 0) is 14.1 Å². The molecule has 0 aliphatic carbocycles. The zero-order valence-corrected chi connectivity index (χ0v) is 12.8. The van der Waals surface area contributed by atoms with Crippen LogP contribution >= 0.6 is 7.82 Å². The van der Waals surface area contributed by atoms with Gasteiger partial charge in [-0.15, -0.1) is 0 Å². The topological polar surface area (TPSA) is 93.1 Å². The molecule has 116 valence electrons. The lowest BCUT2D eigenvalue weighted by Crippen LogP contribution is -2.15. The van der Waals surface area contributed by atoms with Crippen LogP contribution in [0.3, 0.4) is 0 Å². The van der Waals surface area contributed by atoms with E-state index in [0.717, 1.165) is 11.6 Å². The van der Waals surface area contributed by atoms with Gasteiger partial charge >= 0.3 is 13.8 Å². The molecule has 2 unspecified atom stereocenters. The highest BCUT2D eigenvalue weighted by molar-refractivity contribution is 7.46. The average molecular weight is 314 g/mol. The quantitative estimate of drug-likeness (QED) is 0.457. The molecule has 0 spiro atoms. The van der Waals surface area contributed by atoms with Gasteiger partial charge in [0.25, 0.3) is 0 Å². The highest BCUT2D eigenvalue weighted by Crippen LogP contribution is 2.38. The minimum atomic E-state index is -4.57. The normalized spacial score (nSPS) is 14.1. The number of hydrogen-bond donors (Lipinski definition) is 2. The first-order valence-electron chi connectivity index (χ1n) is 6.39. The minimum Gasteiger partial charge on any atom is -0.460 e. The molecule has 0 aliphatic heterocycles. The van der Waals surface area contributed by atoms with Gasteiger partial charge in [-0.3, -0.25) is 9.79 Å². The van der Waals surface area contributed by atoms with E-state index in [2.05, 4.69) is 11.1 Å². The second-order valence-electron chi connectivity index (χ2n) is 4.74. The number of phosphoric acid groups is 1. The first-order valence-corrected chi connectivity index (χ1v) is 7.92. The fourth-order valence-corrected chi connectivity index (χ4v) is 2.33. The number of rotatable bonds is 7. The van der Waals surface area contributed by atoms with E-state index >= 15 is 0 Å². The van der Waals surface area contributed by atoms with E-state index in [4.69, 9.17) is 14.5 Å². The van der Waals surface area contributed by atoms with E-state index in [1.54, 1.807) is 19.1 Å². The monoisotopic (exact) mass is 314 g/mol. The maximum Gasteiger partial charge on any atom is 0.524 e. The molecule has 0 heterocycles. The summed E-state index contributed by atoms with van der Waals surface area (Å²) in [5.74, 6) is -0.352. The van der Waals surface area contributed by atoms with Crippen molar-refractivity contribution in [3.05, 3.63) is 42.5 Å². The van der Waals surface area contributed by atoms with Gasteiger partial charge in [0.05, 0.1) is 6.10 Å². The predicted molar refractivity (Wildman–Crippen MR) is 77.9 cm³/mol. The first kappa shape index (κ1) is 17.4. The molecular formula is C14H19O6P. The van der Waals surface area contributed by atoms with Gasteiger partial charge in [0.15, 0.2) is 0 Å².